The maximum atomic E-state index is 14.2. The van der Waals surface area contributed by atoms with Gasteiger partial charge in [-0.15, -0.1) is 11.3 Å². The van der Waals surface area contributed by atoms with E-state index in [1.165, 1.54) is 10.9 Å². The van der Waals surface area contributed by atoms with Gasteiger partial charge in [0, 0.05) is 41.7 Å². The van der Waals surface area contributed by atoms with Crippen LogP contribution >= 0.6 is 11.3 Å². The van der Waals surface area contributed by atoms with Gasteiger partial charge in [0.1, 0.15) is 17.2 Å². The number of fused-ring (bicyclic) bond motifs is 4. The van der Waals surface area contributed by atoms with Crippen LogP contribution < -0.4 is 0 Å². The SMILES string of the molecule is Cc1cn2cc(Cc3nc4cnc5ccc(F)cc5c4n3C3CCOC(C)(C)C3)nc2s1. The molecule has 5 heterocycles. The molecule has 1 unspecified atom stereocenters. The summed E-state index contributed by atoms with van der Waals surface area (Å²) in [7, 11) is 0. The zero-order valence-electron chi connectivity index (χ0n) is 18.3. The minimum Gasteiger partial charge on any atom is -0.375 e. The summed E-state index contributed by atoms with van der Waals surface area (Å²) >= 11 is 1.68. The summed E-state index contributed by atoms with van der Waals surface area (Å²) < 4.78 is 24.6. The normalized spacial score (nSPS) is 18.8. The Balaban J connectivity index is 1.55. The van der Waals surface area contributed by atoms with E-state index in [1.807, 2.05) is 0 Å². The number of aromatic nitrogens is 5. The molecule has 1 aromatic carbocycles. The highest BCUT2D eigenvalue weighted by Crippen LogP contribution is 2.37. The van der Waals surface area contributed by atoms with Gasteiger partial charge in [0.2, 0.25) is 0 Å². The summed E-state index contributed by atoms with van der Waals surface area (Å²) in [6.07, 6.45) is 8.33. The Bertz CT molecular complexity index is 1450. The smallest absolute Gasteiger partial charge is 0.194 e. The van der Waals surface area contributed by atoms with Crippen LogP contribution in [-0.2, 0) is 11.2 Å². The van der Waals surface area contributed by atoms with Crippen LogP contribution in [0.25, 0.3) is 26.9 Å². The number of nitrogens with zero attached hydrogens (tertiary/aromatic N) is 5. The highest BCUT2D eigenvalue weighted by molar-refractivity contribution is 7.16. The molecule has 6 nitrogen and oxygen atoms in total. The van der Waals surface area contributed by atoms with Crippen molar-refractivity contribution in [3.63, 3.8) is 0 Å². The fourth-order valence-electron chi connectivity index (χ4n) is 4.94. The standard InChI is InChI=1S/C24H24FN5OS/c1-14-12-29-13-16(27-23(29)32-14)9-21-28-20-11-26-19-5-4-15(25)8-18(19)22(20)30(21)17-6-7-31-24(2,3)10-17/h4-5,8,11-13,17H,6-7,9-10H2,1-3H3. The first-order valence-electron chi connectivity index (χ1n) is 10.9. The maximum Gasteiger partial charge on any atom is 0.194 e. The number of hydrogen-bond donors (Lipinski definition) is 0. The Hall–Kier alpha value is -2.84. The lowest BCUT2D eigenvalue weighted by molar-refractivity contribution is -0.0688. The van der Waals surface area contributed by atoms with Crippen molar-refractivity contribution in [2.75, 3.05) is 6.61 Å². The van der Waals surface area contributed by atoms with Gasteiger partial charge in [-0.05, 0) is 51.8 Å². The van der Waals surface area contributed by atoms with Crippen LogP contribution in [0, 0.1) is 12.7 Å². The van der Waals surface area contributed by atoms with E-state index in [1.54, 1.807) is 29.7 Å². The third-order valence-corrected chi connectivity index (χ3v) is 7.16. The molecular weight excluding hydrogens is 425 g/mol. The quantitative estimate of drug-likeness (QED) is 0.367. The number of imidazole rings is 2. The van der Waals surface area contributed by atoms with E-state index in [4.69, 9.17) is 14.7 Å². The number of halogens is 1. The third-order valence-electron chi connectivity index (χ3n) is 6.25. The molecule has 1 aliphatic rings. The van der Waals surface area contributed by atoms with E-state index in [-0.39, 0.29) is 17.5 Å². The molecule has 0 amide bonds. The number of pyridine rings is 1. The highest BCUT2D eigenvalue weighted by atomic mass is 32.1. The topological polar surface area (TPSA) is 57.2 Å². The fraction of sp³-hybridized carbons (Fsp3) is 0.375. The third kappa shape index (κ3) is 3.29. The van der Waals surface area contributed by atoms with Gasteiger partial charge < -0.3 is 9.30 Å². The maximum absolute atomic E-state index is 14.2. The van der Waals surface area contributed by atoms with E-state index >= 15 is 0 Å². The molecule has 0 radical (unpaired) electrons. The highest BCUT2D eigenvalue weighted by Gasteiger charge is 2.32. The predicted molar refractivity (Wildman–Crippen MR) is 124 cm³/mol. The summed E-state index contributed by atoms with van der Waals surface area (Å²) in [5.41, 5.74) is 3.26. The lowest BCUT2D eigenvalue weighted by Crippen LogP contribution is -2.35. The molecule has 8 heteroatoms. The fourth-order valence-corrected chi connectivity index (χ4v) is 5.77. The van der Waals surface area contributed by atoms with Gasteiger partial charge in [0.05, 0.1) is 28.5 Å². The summed E-state index contributed by atoms with van der Waals surface area (Å²) in [6, 6.07) is 4.98. The zero-order valence-corrected chi connectivity index (χ0v) is 19.1. The summed E-state index contributed by atoms with van der Waals surface area (Å²) in [6.45, 7) is 7.03. The van der Waals surface area contributed by atoms with Crippen molar-refractivity contribution in [2.45, 2.75) is 51.7 Å². The average Bonchev–Trinajstić information content (AvgIpc) is 3.37. The minimum atomic E-state index is -0.266. The first-order chi connectivity index (χ1) is 15.4. The second-order valence-corrected chi connectivity index (χ2v) is 10.5. The van der Waals surface area contributed by atoms with E-state index in [9.17, 15) is 4.39 Å². The van der Waals surface area contributed by atoms with Crippen LogP contribution in [0.1, 0.15) is 49.1 Å². The Morgan fingerprint density at radius 3 is 2.91 bits per heavy atom. The van der Waals surface area contributed by atoms with Crippen molar-refractivity contribution in [3.05, 3.63) is 59.0 Å². The monoisotopic (exact) mass is 449 g/mol. The summed E-state index contributed by atoms with van der Waals surface area (Å²) in [5.74, 6) is 0.668. The molecule has 1 fully saturated rings. The van der Waals surface area contributed by atoms with Crippen molar-refractivity contribution in [3.8, 4) is 0 Å². The molecule has 4 aromatic heterocycles. The van der Waals surface area contributed by atoms with Crippen molar-refractivity contribution in [2.24, 2.45) is 0 Å². The molecule has 5 aromatic rings. The summed E-state index contributed by atoms with van der Waals surface area (Å²) in [4.78, 5) is 16.5. The Kier molecular flexibility index (Phi) is 4.39. The van der Waals surface area contributed by atoms with Gasteiger partial charge in [0.15, 0.2) is 4.96 Å². The molecule has 32 heavy (non-hydrogen) atoms. The van der Waals surface area contributed by atoms with Crippen molar-refractivity contribution in [1.82, 2.24) is 23.9 Å². The first kappa shape index (κ1) is 19.8. The van der Waals surface area contributed by atoms with Crippen molar-refractivity contribution >= 4 is 38.2 Å². The molecule has 164 valence electrons. The molecule has 1 saturated heterocycles. The van der Waals surface area contributed by atoms with Gasteiger partial charge >= 0.3 is 0 Å². The molecule has 6 rings (SSSR count). The van der Waals surface area contributed by atoms with Crippen LogP contribution in [0.5, 0.6) is 0 Å². The average molecular weight is 450 g/mol. The minimum absolute atomic E-state index is 0.207. The largest absolute Gasteiger partial charge is 0.375 e. The molecule has 1 aliphatic heterocycles. The number of aryl methyl sites for hydroxylation is 1. The number of thiazole rings is 1. The molecular formula is C24H24FN5OS. The van der Waals surface area contributed by atoms with E-state index in [2.05, 4.69) is 47.1 Å². The predicted octanol–water partition coefficient (Wildman–Crippen LogP) is 5.46. The lowest BCUT2D eigenvalue weighted by Gasteiger charge is -2.37. The number of rotatable bonds is 3. The zero-order chi connectivity index (χ0) is 22.0. The van der Waals surface area contributed by atoms with Crippen LogP contribution in [0.2, 0.25) is 0 Å². The van der Waals surface area contributed by atoms with Crippen LogP contribution in [0.4, 0.5) is 4.39 Å². The molecule has 1 atom stereocenters. The summed E-state index contributed by atoms with van der Waals surface area (Å²) in [5, 5.41) is 0.798. The van der Waals surface area contributed by atoms with Gasteiger partial charge in [-0.3, -0.25) is 9.38 Å². The first-order valence-corrected chi connectivity index (χ1v) is 11.7. The van der Waals surface area contributed by atoms with Gasteiger partial charge in [-0.2, -0.15) is 0 Å². The van der Waals surface area contributed by atoms with Gasteiger partial charge in [-0.25, -0.2) is 14.4 Å². The Morgan fingerprint density at radius 2 is 2.09 bits per heavy atom. The molecule has 0 spiro atoms. The van der Waals surface area contributed by atoms with E-state index in [0.29, 0.717) is 13.0 Å². The number of hydrogen-bond acceptors (Lipinski definition) is 5. The molecule has 0 aliphatic carbocycles. The van der Waals surface area contributed by atoms with Crippen molar-refractivity contribution < 1.29 is 9.13 Å². The van der Waals surface area contributed by atoms with E-state index < -0.39 is 0 Å². The van der Waals surface area contributed by atoms with E-state index in [0.717, 1.165) is 51.3 Å². The molecule has 0 saturated carbocycles. The number of ether oxygens (including phenoxy) is 1. The van der Waals surface area contributed by atoms with Crippen molar-refractivity contribution in [1.29, 1.82) is 0 Å². The second kappa shape index (κ2) is 7.08. The van der Waals surface area contributed by atoms with Crippen LogP contribution in [0.15, 0.2) is 36.8 Å². The van der Waals surface area contributed by atoms with Gasteiger partial charge in [-0.1, -0.05) is 0 Å². The second-order valence-electron chi connectivity index (χ2n) is 9.25. The molecule has 0 N–H and O–H groups in total. The molecule has 0 bridgehead atoms. The lowest BCUT2D eigenvalue weighted by atomic mass is 9.93. The number of benzene rings is 1. The Morgan fingerprint density at radius 1 is 1.22 bits per heavy atom. The van der Waals surface area contributed by atoms with Crippen LogP contribution in [0.3, 0.4) is 0 Å². The van der Waals surface area contributed by atoms with Gasteiger partial charge in [0.25, 0.3) is 0 Å². The Labute approximate surface area is 188 Å². The van der Waals surface area contributed by atoms with Crippen LogP contribution in [-0.4, -0.2) is 36.1 Å².